The van der Waals surface area contributed by atoms with Gasteiger partial charge in [0.15, 0.2) is 0 Å². The first-order valence-corrected chi connectivity index (χ1v) is 6.18. The summed E-state index contributed by atoms with van der Waals surface area (Å²) in [6, 6.07) is 0. The van der Waals surface area contributed by atoms with Gasteiger partial charge in [-0.15, -0.1) is 10.2 Å². The van der Waals surface area contributed by atoms with Gasteiger partial charge < -0.3 is 11.1 Å². The number of hydrogen-bond donors (Lipinski definition) is 2. The lowest BCUT2D eigenvalue weighted by atomic mass is 10.1. The van der Waals surface area contributed by atoms with Crippen LogP contribution in [0.3, 0.4) is 0 Å². The zero-order valence-electron chi connectivity index (χ0n) is 9.86. The second-order valence-corrected chi connectivity index (χ2v) is 5.29. The zero-order valence-corrected chi connectivity index (χ0v) is 10.7. The van der Waals surface area contributed by atoms with Gasteiger partial charge in [0, 0.05) is 18.9 Å². The summed E-state index contributed by atoms with van der Waals surface area (Å²) in [6.45, 7) is 6.36. The lowest BCUT2D eigenvalue weighted by molar-refractivity contribution is -0.119. The van der Waals surface area contributed by atoms with Crippen LogP contribution in [-0.4, -0.2) is 22.6 Å². The summed E-state index contributed by atoms with van der Waals surface area (Å²) in [5.74, 6) is 0.242. The molecule has 0 spiro atoms. The first-order valence-electron chi connectivity index (χ1n) is 5.36. The number of hydrogen-bond acceptors (Lipinski definition) is 5. The van der Waals surface area contributed by atoms with Crippen LogP contribution in [0.5, 0.6) is 0 Å². The van der Waals surface area contributed by atoms with Gasteiger partial charge in [-0.25, -0.2) is 0 Å². The zero-order chi connectivity index (χ0) is 12.1. The summed E-state index contributed by atoms with van der Waals surface area (Å²) in [5, 5.41) is 12.2. The maximum atomic E-state index is 11.5. The minimum absolute atomic E-state index is 0.102. The van der Waals surface area contributed by atoms with Gasteiger partial charge in [-0.3, -0.25) is 4.79 Å². The molecule has 0 bridgehead atoms. The van der Waals surface area contributed by atoms with E-state index in [1.165, 1.54) is 11.3 Å². The summed E-state index contributed by atoms with van der Waals surface area (Å²) in [4.78, 5) is 11.5. The molecule has 1 rings (SSSR count). The van der Waals surface area contributed by atoms with Crippen molar-refractivity contribution in [1.29, 1.82) is 0 Å². The molecule has 0 radical (unpaired) electrons. The number of amides is 1. The van der Waals surface area contributed by atoms with E-state index in [1.807, 2.05) is 0 Å². The number of aromatic nitrogens is 2. The Balaban J connectivity index is 2.55. The van der Waals surface area contributed by atoms with E-state index in [-0.39, 0.29) is 11.8 Å². The normalized spacial score (nSPS) is 12.8. The summed E-state index contributed by atoms with van der Waals surface area (Å²) in [6.07, 6.45) is 0.889. The monoisotopic (exact) mass is 242 g/mol. The topological polar surface area (TPSA) is 80.9 Å². The third-order valence-electron chi connectivity index (χ3n) is 2.08. The molecule has 1 atom stereocenters. The average molecular weight is 242 g/mol. The Labute approximate surface area is 99.5 Å². The van der Waals surface area contributed by atoms with E-state index in [0.29, 0.717) is 17.6 Å². The van der Waals surface area contributed by atoms with Crippen molar-refractivity contribution in [2.75, 3.05) is 11.9 Å². The number of rotatable bonds is 5. The Morgan fingerprint density at radius 2 is 2.12 bits per heavy atom. The van der Waals surface area contributed by atoms with Crippen molar-refractivity contribution in [2.24, 2.45) is 17.6 Å². The second kappa shape index (κ2) is 5.91. The van der Waals surface area contributed by atoms with Gasteiger partial charge >= 0.3 is 0 Å². The van der Waals surface area contributed by atoms with E-state index in [2.05, 4.69) is 29.4 Å². The molecule has 3 N–H and O–H groups in total. The smallest absolute Gasteiger partial charge is 0.230 e. The predicted molar refractivity (Wildman–Crippen MR) is 65.3 cm³/mol. The van der Waals surface area contributed by atoms with E-state index < -0.39 is 0 Å². The molecule has 0 aliphatic carbocycles. The number of anilines is 1. The third kappa shape index (κ3) is 3.86. The standard InChI is InChI=1S/C10H18N4OS/c1-6(2)4-8-13-14-10(16-8)12-9(15)7(3)5-11/h6-7H,4-5,11H2,1-3H3,(H,12,14,15). The fraction of sp³-hybridized carbons (Fsp3) is 0.700. The van der Waals surface area contributed by atoms with E-state index in [9.17, 15) is 4.79 Å². The van der Waals surface area contributed by atoms with Gasteiger partial charge in [0.2, 0.25) is 11.0 Å². The highest BCUT2D eigenvalue weighted by atomic mass is 32.1. The first kappa shape index (κ1) is 13.1. The van der Waals surface area contributed by atoms with Crippen molar-refractivity contribution >= 4 is 22.4 Å². The van der Waals surface area contributed by atoms with Gasteiger partial charge in [0.05, 0.1) is 0 Å². The maximum absolute atomic E-state index is 11.5. The Bertz CT molecular complexity index is 350. The number of nitrogens with zero attached hydrogens (tertiary/aromatic N) is 2. The highest BCUT2D eigenvalue weighted by Crippen LogP contribution is 2.18. The van der Waals surface area contributed by atoms with E-state index in [1.54, 1.807) is 6.92 Å². The molecule has 1 aromatic rings. The molecule has 0 fully saturated rings. The molecule has 0 aliphatic rings. The minimum Gasteiger partial charge on any atom is -0.330 e. The molecule has 1 aromatic heterocycles. The Morgan fingerprint density at radius 3 is 2.69 bits per heavy atom. The number of carbonyl (C=O) groups excluding carboxylic acids is 1. The summed E-state index contributed by atoms with van der Waals surface area (Å²) >= 11 is 1.42. The second-order valence-electron chi connectivity index (χ2n) is 4.22. The molecule has 0 aromatic carbocycles. The predicted octanol–water partition coefficient (Wildman–Crippen LogP) is 1.27. The van der Waals surface area contributed by atoms with Gasteiger partial charge in [0.25, 0.3) is 0 Å². The van der Waals surface area contributed by atoms with Crippen molar-refractivity contribution in [3.8, 4) is 0 Å². The Morgan fingerprint density at radius 1 is 1.44 bits per heavy atom. The van der Waals surface area contributed by atoms with Crippen LogP contribution in [0, 0.1) is 11.8 Å². The Hall–Kier alpha value is -1.01. The molecule has 5 nitrogen and oxygen atoms in total. The highest BCUT2D eigenvalue weighted by Gasteiger charge is 2.13. The van der Waals surface area contributed by atoms with Gasteiger partial charge in [-0.05, 0) is 5.92 Å². The van der Waals surface area contributed by atoms with Crippen LogP contribution in [0.1, 0.15) is 25.8 Å². The van der Waals surface area contributed by atoms with E-state index in [4.69, 9.17) is 5.73 Å². The molecule has 0 saturated carbocycles. The van der Waals surface area contributed by atoms with Crippen molar-refractivity contribution in [3.05, 3.63) is 5.01 Å². The van der Waals surface area contributed by atoms with Crippen LogP contribution in [0.2, 0.25) is 0 Å². The van der Waals surface area contributed by atoms with Crippen LogP contribution >= 0.6 is 11.3 Å². The Kier molecular flexibility index (Phi) is 4.82. The van der Waals surface area contributed by atoms with Crippen LogP contribution in [0.25, 0.3) is 0 Å². The van der Waals surface area contributed by atoms with Crippen LogP contribution in [-0.2, 0) is 11.2 Å². The molecule has 16 heavy (non-hydrogen) atoms. The average Bonchev–Trinajstić information content (AvgIpc) is 2.63. The van der Waals surface area contributed by atoms with Crippen molar-refractivity contribution in [1.82, 2.24) is 10.2 Å². The van der Waals surface area contributed by atoms with E-state index in [0.717, 1.165) is 11.4 Å². The fourth-order valence-corrected chi connectivity index (χ4v) is 2.03. The molecule has 0 saturated heterocycles. The number of carbonyl (C=O) groups is 1. The van der Waals surface area contributed by atoms with Crippen LogP contribution in [0.15, 0.2) is 0 Å². The van der Waals surface area contributed by atoms with Crippen LogP contribution in [0.4, 0.5) is 5.13 Å². The van der Waals surface area contributed by atoms with Gasteiger partial charge in [-0.2, -0.15) is 0 Å². The molecule has 1 unspecified atom stereocenters. The molecule has 6 heteroatoms. The molecular formula is C10H18N4OS. The molecule has 1 amide bonds. The minimum atomic E-state index is -0.197. The van der Waals surface area contributed by atoms with E-state index >= 15 is 0 Å². The van der Waals surface area contributed by atoms with Crippen molar-refractivity contribution < 1.29 is 4.79 Å². The van der Waals surface area contributed by atoms with Gasteiger partial charge in [-0.1, -0.05) is 32.1 Å². The SMILES string of the molecule is CC(C)Cc1nnc(NC(=O)C(C)CN)s1. The van der Waals surface area contributed by atoms with Crippen LogP contribution < -0.4 is 11.1 Å². The highest BCUT2D eigenvalue weighted by molar-refractivity contribution is 7.15. The number of nitrogens with two attached hydrogens (primary N) is 1. The molecule has 90 valence electrons. The van der Waals surface area contributed by atoms with Crippen molar-refractivity contribution in [3.63, 3.8) is 0 Å². The van der Waals surface area contributed by atoms with Crippen molar-refractivity contribution in [2.45, 2.75) is 27.2 Å². The summed E-state index contributed by atoms with van der Waals surface area (Å²) in [5.41, 5.74) is 5.40. The molecule has 0 aliphatic heterocycles. The molecular weight excluding hydrogens is 224 g/mol. The summed E-state index contributed by atoms with van der Waals surface area (Å²) in [7, 11) is 0. The van der Waals surface area contributed by atoms with Gasteiger partial charge in [0.1, 0.15) is 5.01 Å². The number of nitrogens with one attached hydrogen (secondary N) is 1. The largest absolute Gasteiger partial charge is 0.330 e. The lowest BCUT2D eigenvalue weighted by Crippen LogP contribution is -2.26. The first-order chi connectivity index (χ1) is 7.52. The summed E-state index contributed by atoms with van der Waals surface area (Å²) < 4.78 is 0. The fourth-order valence-electron chi connectivity index (χ4n) is 1.07. The third-order valence-corrected chi connectivity index (χ3v) is 2.94. The molecule has 1 heterocycles. The maximum Gasteiger partial charge on any atom is 0.230 e. The quantitative estimate of drug-likeness (QED) is 0.814. The lowest BCUT2D eigenvalue weighted by Gasteiger charge is -2.06.